The normalized spacial score (nSPS) is 11.6. The number of rotatable bonds is 3. The number of benzene rings is 1. The summed E-state index contributed by atoms with van der Waals surface area (Å²) in [5.74, 6) is 0.0649. The third kappa shape index (κ3) is 3.23. The minimum absolute atomic E-state index is 0.0649. The van der Waals surface area contributed by atoms with Gasteiger partial charge in [0.05, 0.1) is 0 Å². The van der Waals surface area contributed by atoms with Crippen LogP contribution in [0.2, 0.25) is 0 Å². The molecular weight excluding hydrogens is 198 g/mol. The van der Waals surface area contributed by atoms with Gasteiger partial charge in [0.15, 0.2) is 5.78 Å². The summed E-state index contributed by atoms with van der Waals surface area (Å²) in [6.45, 7) is 7.88. The Hall–Kier alpha value is -1.57. The van der Waals surface area contributed by atoms with Crippen LogP contribution in [-0.2, 0) is 11.2 Å². The monoisotopic (exact) mass is 217 g/mol. The molecule has 0 amide bonds. The molecule has 0 spiro atoms. The summed E-state index contributed by atoms with van der Waals surface area (Å²) < 4.78 is 0. The zero-order valence-corrected chi connectivity index (χ0v) is 10.4. The maximum Gasteiger partial charge on any atom is 0.161 e. The van der Waals surface area contributed by atoms with Gasteiger partial charge in [-0.05, 0) is 50.5 Å². The molecule has 86 valence electrons. The fourth-order valence-corrected chi connectivity index (χ4v) is 1.97. The summed E-state index contributed by atoms with van der Waals surface area (Å²) in [7, 11) is 0. The minimum atomic E-state index is 0.0649. The lowest BCUT2D eigenvalue weighted by molar-refractivity contribution is -0.114. The number of carbonyl (C=O) groups excluding carboxylic acids is 1. The fourth-order valence-electron chi connectivity index (χ4n) is 1.97. The molecule has 2 nitrogen and oxygen atoms in total. The molecule has 0 saturated heterocycles. The maximum atomic E-state index is 11.7. The molecular formula is C14H19NO. The predicted molar refractivity (Wildman–Crippen MR) is 67.3 cm³/mol. The average molecular weight is 217 g/mol. The molecule has 2 heteroatoms. The van der Waals surface area contributed by atoms with E-state index in [0.717, 1.165) is 5.56 Å². The number of carbonyl (C=O) groups is 1. The first-order valence-electron chi connectivity index (χ1n) is 5.43. The lowest BCUT2D eigenvalue weighted by atomic mass is 9.95. The van der Waals surface area contributed by atoms with Gasteiger partial charge < -0.3 is 5.73 Å². The lowest BCUT2D eigenvalue weighted by Gasteiger charge is -2.09. The number of hydrogen-bond donors (Lipinski definition) is 1. The first-order valence-corrected chi connectivity index (χ1v) is 5.43. The van der Waals surface area contributed by atoms with Crippen molar-refractivity contribution in [2.75, 3.05) is 0 Å². The van der Waals surface area contributed by atoms with Crippen LogP contribution < -0.4 is 5.73 Å². The van der Waals surface area contributed by atoms with E-state index in [2.05, 4.69) is 19.1 Å². The lowest BCUT2D eigenvalue weighted by Crippen LogP contribution is -2.06. The van der Waals surface area contributed by atoms with Crippen LogP contribution in [0.25, 0.3) is 0 Å². The van der Waals surface area contributed by atoms with Crippen LogP contribution in [0.15, 0.2) is 23.9 Å². The van der Waals surface area contributed by atoms with E-state index >= 15 is 0 Å². The molecule has 0 unspecified atom stereocenters. The van der Waals surface area contributed by atoms with Crippen LogP contribution in [0.5, 0.6) is 0 Å². The molecule has 0 aromatic heterocycles. The number of aryl methyl sites for hydroxylation is 3. The maximum absolute atomic E-state index is 11.7. The van der Waals surface area contributed by atoms with E-state index < -0.39 is 0 Å². The van der Waals surface area contributed by atoms with Gasteiger partial charge in [0.25, 0.3) is 0 Å². The van der Waals surface area contributed by atoms with Crippen molar-refractivity contribution < 1.29 is 4.79 Å². The molecule has 2 N–H and O–H groups in total. The largest absolute Gasteiger partial charge is 0.402 e. The predicted octanol–water partition coefficient (Wildman–Crippen LogP) is 2.59. The van der Waals surface area contributed by atoms with Gasteiger partial charge in [0.2, 0.25) is 0 Å². The first kappa shape index (κ1) is 12.5. The third-order valence-electron chi connectivity index (χ3n) is 2.58. The molecule has 0 fully saturated rings. The zero-order valence-electron chi connectivity index (χ0n) is 10.4. The van der Waals surface area contributed by atoms with Crippen molar-refractivity contribution in [2.45, 2.75) is 34.1 Å². The fraction of sp³-hybridized carbons (Fsp3) is 0.357. The second-order valence-electron chi connectivity index (χ2n) is 4.41. The van der Waals surface area contributed by atoms with Gasteiger partial charge in [-0.25, -0.2) is 0 Å². The Bertz CT molecular complexity index is 417. The Labute approximate surface area is 97.2 Å². The average Bonchev–Trinajstić information content (AvgIpc) is 2.09. The van der Waals surface area contributed by atoms with E-state index in [1.165, 1.54) is 22.8 Å². The number of nitrogens with two attached hydrogens (primary N) is 1. The number of ketones is 1. The molecule has 16 heavy (non-hydrogen) atoms. The van der Waals surface area contributed by atoms with E-state index in [1.54, 1.807) is 6.92 Å². The Morgan fingerprint density at radius 2 is 1.75 bits per heavy atom. The van der Waals surface area contributed by atoms with E-state index in [4.69, 9.17) is 5.73 Å². The van der Waals surface area contributed by atoms with Crippen molar-refractivity contribution in [1.29, 1.82) is 0 Å². The van der Waals surface area contributed by atoms with E-state index in [1.807, 2.05) is 13.8 Å². The molecule has 0 bridgehead atoms. The molecule has 1 aromatic carbocycles. The van der Waals surface area contributed by atoms with Crippen molar-refractivity contribution in [3.63, 3.8) is 0 Å². The Kier molecular flexibility index (Phi) is 3.88. The summed E-state index contributed by atoms with van der Waals surface area (Å²) in [5, 5.41) is 0. The summed E-state index contributed by atoms with van der Waals surface area (Å²) in [6.07, 6.45) is 1.94. The quantitative estimate of drug-likeness (QED) is 0.791. The van der Waals surface area contributed by atoms with Gasteiger partial charge in [-0.3, -0.25) is 4.79 Å². The van der Waals surface area contributed by atoms with Crippen molar-refractivity contribution in [3.8, 4) is 0 Å². The molecule has 1 rings (SSSR count). The third-order valence-corrected chi connectivity index (χ3v) is 2.58. The van der Waals surface area contributed by atoms with E-state index in [0.29, 0.717) is 12.1 Å². The standard InChI is InChI=1S/C14H19NO/c1-9-5-10(2)14(11(3)6-9)8-13(16)7-12(4)15/h5-7H,8,15H2,1-4H3/b12-7-. The number of hydrogen-bond acceptors (Lipinski definition) is 2. The highest BCUT2D eigenvalue weighted by Crippen LogP contribution is 2.17. The first-order chi connectivity index (χ1) is 7.40. The molecule has 0 aliphatic carbocycles. The highest BCUT2D eigenvalue weighted by Gasteiger charge is 2.07. The highest BCUT2D eigenvalue weighted by molar-refractivity contribution is 5.92. The van der Waals surface area contributed by atoms with Crippen LogP contribution >= 0.6 is 0 Å². The molecule has 0 atom stereocenters. The van der Waals surface area contributed by atoms with Crippen LogP contribution in [0.4, 0.5) is 0 Å². The smallest absolute Gasteiger partial charge is 0.161 e. The molecule has 1 aromatic rings. The summed E-state index contributed by atoms with van der Waals surface area (Å²) in [4.78, 5) is 11.7. The van der Waals surface area contributed by atoms with Gasteiger partial charge in [0, 0.05) is 12.1 Å². The minimum Gasteiger partial charge on any atom is -0.402 e. The summed E-state index contributed by atoms with van der Waals surface area (Å²) >= 11 is 0. The number of allylic oxidation sites excluding steroid dienone is 2. The van der Waals surface area contributed by atoms with E-state index in [-0.39, 0.29) is 5.78 Å². The topological polar surface area (TPSA) is 43.1 Å². The van der Waals surface area contributed by atoms with Crippen LogP contribution in [0, 0.1) is 20.8 Å². The molecule has 0 aliphatic rings. The van der Waals surface area contributed by atoms with Gasteiger partial charge in [-0.2, -0.15) is 0 Å². The summed E-state index contributed by atoms with van der Waals surface area (Å²) in [6, 6.07) is 4.21. The van der Waals surface area contributed by atoms with E-state index in [9.17, 15) is 4.79 Å². The Balaban J connectivity index is 2.98. The van der Waals surface area contributed by atoms with Crippen LogP contribution in [0.3, 0.4) is 0 Å². The second-order valence-corrected chi connectivity index (χ2v) is 4.41. The van der Waals surface area contributed by atoms with Crippen LogP contribution in [0.1, 0.15) is 29.2 Å². The van der Waals surface area contributed by atoms with Crippen LogP contribution in [-0.4, -0.2) is 5.78 Å². The molecule has 0 aliphatic heterocycles. The van der Waals surface area contributed by atoms with Crippen molar-refractivity contribution >= 4 is 5.78 Å². The molecule has 0 radical (unpaired) electrons. The highest BCUT2D eigenvalue weighted by atomic mass is 16.1. The van der Waals surface area contributed by atoms with Crippen molar-refractivity contribution in [1.82, 2.24) is 0 Å². The van der Waals surface area contributed by atoms with Gasteiger partial charge in [-0.15, -0.1) is 0 Å². The summed E-state index contributed by atoms with van der Waals surface area (Å²) in [5.41, 5.74) is 10.8. The zero-order chi connectivity index (χ0) is 12.3. The SMILES string of the molecule is C/C(N)=C/C(=O)Cc1c(C)cc(C)cc1C. The Morgan fingerprint density at radius 3 is 2.19 bits per heavy atom. The molecule has 0 saturated carbocycles. The van der Waals surface area contributed by atoms with Gasteiger partial charge >= 0.3 is 0 Å². The van der Waals surface area contributed by atoms with Crippen molar-refractivity contribution in [2.24, 2.45) is 5.73 Å². The van der Waals surface area contributed by atoms with Gasteiger partial charge in [-0.1, -0.05) is 17.7 Å². The Morgan fingerprint density at radius 1 is 1.25 bits per heavy atom. The second kappa shape index (κ2) is 4.97. The van der Waals surface area contributed by atoms with Gasteiger partial charge in [0.1, 0.15) is 0 Å². The van der Waals surface area contributed by atoms with Crippen molar-refractivity contribution in [3.05, 3.63) is 46.2 Å². The molecule has 0 heterocycles.